The van der Waals surface area contributed by atoms with Gasteiger partial charge in [-0.05, 0) is 55.7 Å². The molecular formula is C19H20O5S. The van der Waals surface area contributed by atoms with Gasteiger partial charge in [0.05, 0.1) is 16.9 Å². The molecule has 0 N–H and O–H groups in total. The first-order valence-corrected chi connectivity index (χ1v) is 10.2. The molecule has 1 heterocycles. The number of rotatable bonds is 5. The minimum Gasteiger partial charge on any atom is -0.457 e. The van der Waals surface area contributed by atoms with E-state index in [0.717, 1.165) is 19.3 Å². The molecule has 5 nitrogen and oxygen atoms in total. The number of carbonyl (C=O) groups excluding carboxylic acids is 1. The molecule has 0 radical (unpaired) electrons. The Morgan fingerprint density at radius 2 is 1.92 bits per heavy atom. The fraction of sp³-hybridized carbons (Fsp3) is 0.421. The van der Waals surface area contributed by atoms with Gasteiger partial charge in [-0.15, -0.1) is 0 Å². The summed E-state index contributed by atoms with van der Waals surface area (Å²) in [7, 11) is -3.54. The van der Waals surface area contributed by atoms with Crippen molar-refractivity contribution in [3.63, 3.8) is 0 Å². The maximum absolute atomic E-state index is 12.5. The van der Waals surface area contributed by atoms with Crippen LogP contribution in [0.15, 0.2) is 52.0 Å². The predicted molar refractivity (Wildman–Crippen MR) is 90.7 cm³/mol. The van der Waals surface area contributed by atoms with E-state index in [1.165, 1.54) is 18.8 Å². The molecule has 132 valence electrons. The molecule has 0 amide bonds. The lowest BCUT2D eigenvalue weighted by Crippen LogP contribution is -2.24. The van der Waals surface area contributed by atoms with Crippen LogP contribution in [0.4, 0.5) is 0 Å². The third-order valence-electron chi connectivity index (χ3n) is 5.31. The maximum atomic E-state index is 12.5. The van der Waals surface area contributed by atoms with E-state index in [1.54, 1.807) is 30.3 Å². The molecule has 2 saturated carbocycles. The van der Waals surface area contributed by atoms with Gasteiger partial charge in [-0.2, -0.15) is 0 Å². The molecule has 0 spiro atoms. The van der Waals surface area contributed by atoms with Crippen molar-refractivity contribution in [3.8, 4) is 0 Å². The second kappa shape index (κ2) is 6.33. The van der Waals surface area contributed by atoms with Gasteiger partial charge in [-0.1, -0.05) is 18.2 Å². The van der Waals surface area contributed by atoms with Crippen LogP contribution in [0.2, 0.25) is 0 Å². The van der Waals surface area contributed by atoms with Crippen LogP contribution < -0.4 is 0 Å². The molecule has 2 aliphatic carbocycles. The number of fused-ring (bicyclic) bond motifs is 2. The number of benzene rings is 1. The van der Waals surface area contributed by atoms with Crippen molar-refractivity contribution in [2.45, 2.75) is 42.4 Å². The zero-order valence-corrected chi connectivity index (χ0v) is 14.6. The Kier molecular flexibility index (Phi) is 4.15. The van der Waals surface area contributed by atoms with Crippen molar-refractivity contribution in [2.75, 3.05) is 0 Å². The van der Waals surface area contributed by atoms with Crippen molar-refractivity contribution in [1.29, 1.82) is 0 Å². The van der Waals surface area contributed by atoms with E-state index < -0.39 is 15.8 Å². The van der Waals surface area contributed by atoms with Gasteiger partial charge in [-0.25, -0.2) is 13.2 Å². The van der Waals surface area contributed by atoms with Gasteiger partial charge in [0.25, 0.3) is 0 Å². The molecule has 4 rings (SSSR count). The largest absolute Gasteiger partial charge is 0.457 e. The first kappa shape index (κ1) is 16.4. The van der Waals surface area contributed by atoms with Gasteiger partial charge in [-0.3, -0.25) is 0 Å². The Labute approximate surface area is 146 Å². The number of carbonyl (C=O) groups is 1. The third kappa shape index (κ3) is 3.23. The number of hydrogen-bond donors (Lipinski definition) is 0. The highest BCUT2D eigenvalue weighted by molar-refractivity contribution is 7.90. The molecule has 1 aromatic heterocycles. The summed E-state index contributed by atoms with van der Waals surface area (Å²) in [5, 5.41) is 0. The lowest BCUT2D eigenvalue weighted by atomic mass is 9.98. The fourth-order valence-corrected chi connectivity index (χ4v) is 5.44. The van der Waals surface area contributed by atoms with E-state index >= 15 is 0 Å². The van der Waals surface area contributed by atoms with Crippen LogP contribution in [0.5, 0.6) is 0 Å². The van der Waals surface area contributed by atoms with Crippen LogP contribution in [-0.4, -0.2) is 20.5 Å². The van der Waals surface area contributed by atoms with Gasteiger partial charge in [0.15, 0.2) is 9.84 Å². The zero-order valence-electron chi connectivity index (χ0n) is 13.8. The average Bonchev–Trinajstić information content (AvgIpc) is 3.32. The average molecular weight is 360 g/mol. The van der Waals surface area contributed by atoms with Gasteiger partial charge >= 0.3 is 5.97 Å². The van der Waals surface area contributed by atoms with Crippen molar-refractivity contribution >= 4 is 15.8 Å². The summed E-state index contributed by atoms with van der Waals surface area (Å²) >= 11 is 0. The Morgan fingerprint density at radius 3 is 2.60 bits per heavy atom. The lowest BCUT2D eigenvalue weighted by Gasteiger charge is -2.21. The predicted octanol–water partition coefficient (Wildman–Crippen LogP) is 3.60. The topological polar surface area (TPSA) is 73.6 Å². The normalized spacial score (nSPS) is 25.2. The van der Waals surface area contributed by atoms with E-state index in [2.05, 4.69) is 0 Å². The molecule has 2 bridgehead atoms. The van der Waals surface area contributed by atoms with Crippen molar-refractivity contribution < 1.29 is 22.4 Å². The molecule has 2 fully saturated rings. The van der Waals surface area contributed by atoms with Gasteiger partial charge < -0.3 is 9.15 Å². The van der Waals surface area contributed by atoms with Crippen LogP contribution in [0.1, 0.15) is 41.8 Å². The summed E-state index contributed by atoms with van der Waals surface area (Å²) in [6.45, 7) is 0. The first-order valence-electron chi connectivity index (χ1n) is 8.58. The second-order valence-corrected chi connectivity index (χ2v) is 8.96. The number of hydrogen-bond acceptors (Lipinski definition) is 5. The zero-order chi connectivity index (χ0) is 17.4. The van der Waals surface area contributed by atoms with Crippen LogP contribution in [-0.2, 0) is 20.3 Å². The Hall–Kier alpha value is -2.08. The third-order valence-corrected chi connectivity index (χ3v) is 6.99. The van der Waals surface area contributed by atoms with Gasteiger partial charge in [0.1, 0.15) is 6.10 Å². The molecule has 25 heavy (non-hydrogen) atoms. The molecular weight excluding hydrogens is 340 g/mol. The lowest BCUT2D eigenvalue weighted by molar-refractivity contribution is 0.0124. The van der Waals surface area contributed by atoms with Gasteiger partial charge in [0.2, 0.25) is 5.76 Å². The Bertz CT molecular complexity index is 868. The summed E-state index contributed by atoms with van der Waals surface area (Å²) < 4.78 is 35.9. The van der Waals surface area contributed by atoms with Crippen molar-refractivity contribution in [3.05, 3.63) is 54.0 Å². The minimum absolute atomic E-state index is 0.00211. The second-order valence-electron chi connectivity index (χ2n) is 6.97. The van der Waals surface area contributed by atoms with E-state index in [1.807, 2.05) is 0 Å². The van der Waals surface area contributed by atoms with Crippen LogP contribution >= 0.6 is 0 Å². The summed E-state index contributed by atoms with van der Waals surface area (Å²) in [5.74, 6) is 0.273. The van der Waals surface area contributed by atoms with E-state index in [4.69, 9.17) is 9.15 Å². The minimum atomic E-state index is -3.54. The Morgan fingerprint density at radius 1 is 1.12 bits per heavy atom. The summed E-state index contributed by atoms with van der Waals surface area (Å²) in [5.41, 5.74) is 0.344. The monoisotopic (exact) mass is 360 g/mol. The van der Waals surface area contributed by atoms with Crippen LogP contribution in [0, 0.1) is 11.8 Å². The smallest absolute Gasteiger partial charge is 0.374 e. The highest BCUT2D eigenvalue weighted by Crippen LogP contribution is 2.46. The van der Waals surface area contributed by atoms with Crippen LogP contribution in [0.3, 0.4) is 0 Å². The van der Waals surface area contributed by atoms with Crippen molar-refractivity contribution in [1.82, 2.24) is 0 Å². The van der Waals surface area contributed by atoms with E-state index in [-0.39, 0.29) is 22.5 Å². The molecule has 1 aromatic carbocycles. The number of furan rings is 1. The molecule has 3 atom stereocenters. The molecule has 3 unspecified atom stereocenters. The summed E-state index contributed by atoms with van der Waals surface area (Å²) in [4.78, 5) is 12.7. The quantitative estimate of drug-likeness (QED) is 0.762. The van der Waals surface area contributed by atoms with E-state index in [9.17, 15) is 13.2 Å². The molecule has 0 saturated heterocycles. The first-order chi connectivity index (χ1) is 12.0. The van der Waals surface area contributed by atoms with Gasteiger partial charge in [0, 0.05) is 5.56 Å². The van der Waals surface area contributed by atoms with Crippen LogP contribution in [0.25, 0.3) is 0 Å². The standard InChI is InChI=1S/C19H20O5S/c20-19(24-17-11-13-6-7-14(17)10-13)18-15(8-9-23-18)12-25(21,22)16-4-2-1-3-5-16/h1-5,8-9,13-14,17H,6-7,10-12H2. The summed E-state index contributed by atoms with van der Waals surface area (Å²) in [6, 6.07) is 9.72. The summed E-state index contributed by atoms with van der Waals surface area (Å²) in [6.07, 6.45) is 5.65. The number of esters is 1. The highest BCUT2D eigenvalue weighted by atomic mass is 32.2. The molecule has 2 aliphatic rings. The molecule has 2 aromatic rings. The highest BCUT2D eigenvalue weighted by Gasteiger charge is 2.42. The SMILES string of the molecule is O=C(OC1CC2CCC1C2)c1occc1CS(=O)(=O)c1ccccc1. The maximum Gasteiger partial charge on any atom is 0.374 e. The molecule has 0 aliphatic heterocycles. The number of ether oxygens (including phenoxy) is 1. The van der Waals surface area contributed by atoms with Crippen molar-refractivity contribution in [2.24, 2.45) is 11.8 Å². The fourth-order valence-electron chi connectivity index (χ4n) is 4.07. The molecule has 6 heteroatoms. The Balaban J connectivity index is 1.50. The number of sulfone groups is 1. The van der Waals surface area contributed by atoms with E-state index in [0.29, 0.717) is 17.4 Å².